The minimum Gasteiger partial charge on any atom is -0.508 e. The van der Waals surface area contributed by atoms with Crippen LogP contribution in [0.25, 0.3) is 11.1 Å². The zero-order valence-corrected chi connectivity index (χ0v) is 13.5. The van der Waals surface area contributed by atoms with E-state index in [9.17, 15) is 5.11 Å². The maximum Gasteiger partial charge on any atom is 0.115 e. The van der Waals surface area contributed by atoms with Gasteiger partial charge in [-0.15, -0.1) is 0 Å². The van der Waals surface area contributed by atoms with Crippen molar-refractivity contribution >= 4 is 0 Å². The topological polar surface area (TPSA) is 20.2 Å². The molecule has 0 unspecified atom stereocenters. The van der Waals surface area contributed by atoms with Gasteiger partial charge in [0, 0.05) is 0 Å². The molecule has 2 aromatic rings. The second kappa shape index (κ2) is 7.00. The number of hydrogen-bond acceptors (Lipinski definition) is 1. The highest BCUT2D eigenvalue weighted by molar-refractivity contribution is 5.64. The van der Waals surface area contributed by atoms with Crippen molar-refractivity contribution in [1.82, 2.24) is 0 Å². The van der Waals surface area contributed by atoms with Crippen LogP contribution in [-0.4, -0.2) is 5.11 Å². The van der Waals surface area contributed by atoms with Gasteiger partial charge in [-0.05, 0) is 66.3 Å². The first kappa shape index (κ1) is 15.1. The fourth-order valence-corrected chi connectivity index (χ4v) is 3.79. The second-order valence-electron chi connectivity index (χ2n) is 6.68. The summed E-state index contributed by atoms with van der Waals surface area (Å²) in [7, 11) is 0. The molecule has 1 N–H and O–H groups in total. The van der Waals surface area contributed by atoms with Crippen LogP contribution in [0, 0.1) is 5.92 Å². The smallest absolute Gasteiger partial charge is 0.115 e. The van der Waals surface area contributed by atoms with Crippen molar-refractivity contribution in [1.29, 1.82) is 0 Å². The Morgan fingerprint density at radius 2 is 1.36 bits per heavy atom. The van der Waals surface area contributed by atoms with E-state index in [1.165, 1.54) is 49.7 Å². The highest BCUT2D eigenvalue weighted by Gasteiger charge is 2.21. The first-order chi connectivity index (χ1) is 10.8. The number of benzene rings is 2. The van der Waals surface area contributed by atoms with Crippen molar-refractivity contribution in [3.63, 3.8) is 0 Å². The highest BCUT2D eigenvalue weighted by Crippen LogP contribution is 2.38. The molecule has 0 atom stereocenters. The van der Waals surface area contributed by atoms with Gasteiger partial charge in [0.05, 0.1) is 0 Å². The largest absolute Gasteiger partial charge is 0.508 e. The van der Waals surface area contributed by atoms with Gasteiger partial charge in [-0.1, -0.05) is 56.2 Å². The molecule has 0 aliphatic heterocycles. The van der Waals surface area contributed by atoms with E-state index in [4.69, 9.17) is 0 Å². The predicted molar refractivity (Wildman–Crippen MR) is 93.1 cm³/mol. The Labute approximate surface area is 134 Å². The third kappa shape index (κ3) is 3.52. The van der Waals surface area contributed by atoms with Crippen LogP contribution in [0.1, 0.15) is 56.9 Å². The third-order valence-electron chi connectivity index (χ3n) is 5.13. The summed E-state index contributed by atoms with van der Waals surface area (Å²) in [5, 5.41) is 9.38. The lowest BCUT2D eigenvalue weighted by Crippen LogP contribution is -2.13. The van der Waals surface area contributed by atoms with E-state index in [1.54, 1.807) is 12.1 Å². The van der Waals surface area contributed by atoms with E-state index >= 15 is 0 Å². The molecule has 1 aliphatic rings. The Hall–Kier alpha value is -1.76. The van der Waals surface area contributed by atoms with Gasteiger partial charge >= 0.3 is 0 Å². The summed E-state index contributed by atoms with van der Waals surface area (Å²) in [5.74, 6) is 2.05. The molecular formula is C21H26O. The molecule has 0 spiro atoms. The number of phenols is 1. The fraction of sp³-hybridized carbons (Fsp3) is 0.429. The van der Waals surface area contributed by atoms with Gasteiger partial charge in [0.2, 0.25) is 0 Å². The van der Waals surface area contributed by atoms with Crippen molar-refractivity contribution in [2.45, 2.75) is 51.4 Å². The highest BCUT2D eigenvalue weighted by atomic mass is 16.3. The van der Waals surface area contributed by atoms with E-state index in [0.717, 1.165) is 17.4 Å². The molecule has 0 bridgehead atoms. The summed E-state index contributed by atoms with van der Waals surface area (Å²) in [6.07, 6.45) is 8.24. The molecule has 1 nitrogen and oxygen atoms in total. The first-order valence-corrected chi connectivity index (χ1v) is 8.65. The average Bonchev–Trinajstić information content (AvgIpc) is 2.57. The number of phenolic OH excluding ortho intramolecular Hbond substituents is 1. The minimum atomic E-state index is 0.323. The van der Waals surface area contributed by atoms with Crippen molar-refractivity contribution in [3.05, 3.63) is 54.1 Å². The van der Waals surface area contributed by atoms with Gasteiger partial charge in [0.15, 0.2) is 0 Å². The van der Waals surface area contributed by atoms with Crippen LogP contribution >= 0.6 is 0 Å². The number of hydrogen-bond donors (Lipinski definition) is 1. The summed E-state index contributed by atoms with van der Waals surface area (Å²) in [5.41, 5.74) is 3.89. The molecule has 3 rings (SSSR count). The van der Waals surface area contributed by atoms with E-state index in [0.29, 0.717) is 5.75 Å². The third-order valence-corrected chi connectivity index (χ3v) is 5.13. The monoisotopic (exact) mass is 294 g/mol. The molecule has 1 saturated carbocycles. The molecule has 22 heavy (non-hydrogen) atoms. The van der Waals surface area contributed by atoms with Crippen LogP contribution in [-0.2, 0) is 0 Å². The quantitative estimate of drug-likeness (QED) is 0.718. The average molecular weight is 294 g/mol. The van der Waals surface area contributed by atoms with Gasteiger partial charge < -0.3 is 5.11 Å². The van der Waals surface area contributed by atoms with Crippen LogP contribution in [0.3, 0.4) is 0 Å². The first-order valence-electron chi connectivity index (χ1n) is 8.65. The molecule has 1 aliphatic carbocycles. The Bertz CT molecular complexity index is 574. The maximum atomic E-state index is 9.38. The summed E-state index contributed by atoms with van der Waals surface area (Å²) in [4.78, 5) is 0. The molecule has 1 fully saturated rings. The van der Waals surface area contributed by atoms with Crippen LogP contribution < -0.4 is 0 Å². The van der Waals surface area contributed by atoms with E-state index < -0.39 is 0 Å². The molecule has 0 aromatic heterocycles. The maximum absolute atomic E-state index is 9.38. The minimum absolute atomic E-state index is 0.323. The normalized spacial score (nSPS) is 21.7. The van der Waals surface area contributed by atoms with Crippen molar-refractivity contribution in [2.24, 2.45) is 5.92 Å². The van der Waals surface area contributed by atoms with Gasteiger partial charge in [0.1, 0.15) is 5.75 Å². The van der Waals surface area contributed by atoms with Gasteiger partial charge in [-0.3, -0.25) is 0 Å². The number of aromatic hydroxyl groups is 1. The summed E-state index contributed by atoms with van der Waals surface area (Å²) < 4.78 is 0. The van der Waals surface area contributed by atoms with E-state index in [-0.39, 0.29) is 0 Å². The molecule has 0 saturated heterocycles. The van der Waals surface area contributed by atoms with Crippen LogP contribution in [0.15, 0.2) is 48.5 Å². The van der Waals surface area contributed by atoms with Crippen molar-refractivity contribution in [3.8, 4) is 16.9 Å². The molecule has 116 valence electrons. The van der Waals surface area contributed by atoms with Gasteiger partial charge in [-0.25, -0.2) is 0 Å². The van der Waals surface area contributed by atoms with Crippen molar-refractivity contribution in [2.75, 3.05) is 0 Å². The lowest BCUT2D eigenvalue weighted by atomic mass is 9.77. The Morgan fingerprint density at radius 1 is 0.818 bits per heavy atom. The summed E-state index contributed by atoms with van der Waals surface area (Å²) in [6, 6.07) is 16.5. The summed E-state index contributed by atoms with van der Waals surface area (Å²) in [6.45, 7) is 2.30. The van der Waals surface area contributed by atoms with Crippen LogP contribution in [0.2, 0.25) is 0 Å². The molecule has 0 radical (unpaired) electrons. The molecule has 0 heterocycles. The van der Waals surface area contributed by atoms with E-state index in [2.05, 4.69) is 31.2 Å². The van der Waals surface area contributed by atoms with Gasteiger partial charge in [0.25, 0.3) is 0 Å². The van der Waals surface area contributed by atoms with Crippen LogP contribution in [0.4, 0.5) is 0 Å². The lowest BCUT2D eigenvalue weighted by molar-refractivity contribution is 0.308. The predicted octanol–water partition coefficient (Wildman–Crippen LogP) is 6.13. The Balaban J connectivity index is 1.66. The van der Waals surface area contributed by atoms with Crippen molar-refractivity contribution < 1.29 is 5.11 Å². The molecule has 1 heteroatoms. The number of rotatable bonds is 4. The molecular weight excluding hydrogens is 268 g/mol. The molecule has 0 amide bonds. The summed E-state index contributed by atoms with van der Waals surface area (Å²) >= 11 is 0. The van der Waals surface area contributed by atoms with Crippen LogP contribution in [0.5, 0.6) is 5.75 Å². The zero-order valence-electron chi connectivity index (χ0n) is 13.5. The second-order valence-corrected chi connectivity index (χ2v) is 6.68. The van der Waals surface area contributed by atoms with E-state index in [1.807, 2.05) is 12.1 Å². The Morgan fingerprint density at radius 3 is 1.91 bits per heavy atom. The Kier molecular flexibility index (Phi) is 4.82. The standard InChI is InChI=1S/C21H26O/c1-2-3-16-4-6-17(7-5-16)18-8-10-19(11-9-18)20-12-14-21(22)15-13-20/h8-17,22H,2-7H2,1H3/t16-,17-. The van der Waals surface area contributed by atoms with Gasteiger partial charge in [-0.2, -0.15) is 0 Å². The zero-order chi connectivity index (χ0) is 15.4. The fourth-order valence-electron chi connectivity index (χ4n) is 3.79. The SMILES string of the molecule is CCC[C@H]1CC[C@H](c2ccc(-c3ccc(O)cc3)cc2)CC1. The lowest BCUT2D eigenvalue weighted by Gasteiger charge is -2.28. The molecule has 2 aromatic carbocycles.